The molecule has 4 atom stereocenters. The molecule has 2 aliphatic rings. The number of methoxy groups -OCH3 is 2. The molecule has 2 aliphatic carbocycles. The number of rotatable bonds is 4. The molecule has 4 unspecified atom stereocenters. The lowest BCUT2D eigenvalue weighted by molar-refractivity contribution is 0.283. The van der Waals surface area contributed by atoms with Gasteiger partial charge in [-0.2, -0.15) is 0 Å². The lowest BCUT2D eigenvalue weighted by atomic mass is 9.80. The Balaban J connectivity index is 1.89. The SMILES string of the molecule is COc1cc(C)c(C(N)C2CC3CCC2C3)cc1OC. The fraction of sp³-hybridized carbons (Fsp3) is 0.647. The molecule has 0 heterocycles. The van der Waals surface area contributed by atoms with E-state index in [0.29, 0.717) is 5.92 Å². The van der Waals surface area contributed by atoms with Gasteiger partial charge in [-0.15, -0.1) is 0 Å². The highest BCUT2D eigenvalue weighted by atomic mass is 16.5. The van der Waals surface area contributed by atoms with E-state index in [1.807, 2.05) is 6.07 Å². The molecule has 0 aromatic heterocycles. The molecule has 0 spiro atoms. The molecule has 3 nitrogen and oxygen atoms in total. The number of hydrogen-bond donors (Lipinski definition) is 1. The van der Waals surface area contributed by atoms with E-state index in [-0.39, 0.29) is 6.04 Å². The molecule has 1 aromatic carbocycles. The lowest BCUT2D eigenvalue weighted by Crippen LogP contribution is -2.26. The summed E-state index contributed by atoms with van der Waals surface area (Å²) in [7, 11) is 3.35. The molecule has 2 N–H and O–H groups in total. The van der Waals surface area contributed by atoms with Crippen molar-refractivity contribution < 1.29 is 9.47 Å². The van der Waals surface area contributed by atoms with Gasteiger partial charge in [-0.3, -0.25) is 0 Å². The summed E-state index contributed by atoms with van der Waals surface area (Å²) in [6.45, 7) is 2.12. The zero-order valence-corrected chi connectivity index (χ0v) is 12.7. The first-order chi connectivity index (χ1) is 9.63. The maximum atomic E-state index is 6.61. The Morgan fingerprint density at radius 2 is 1.80 bits per heavy atom. The van der Waals surface area contributed by atoms with Crippen molar-refractivity contribution in [1.82, 2.24) is 0 Å². The van der Waals surface area contributed by atoms with Crippen LogP contribution >= 0.6 is 0 Å². The van der Waals surface area contributed by atoms with Gasteiger partial charge in [0, 0.05) is 6.04 Å². The van der Waals surface area contributed by atoms with E-state index in [2.05, 4.69) is 13.0 Å². The summed E-state index contributed by atoms with van der Waals surface area (Å²) >= 11 is 0. The first-order valence-corrected chi connectivity index (χ1v) is 7.62. The smallest absolute Gasteiger partial charge is 0.161 e. The molecular formula is C17H25NO2. The minimum absolute atomic E-state index is 0.130. The fourth-order valence-electron chi connectivity index (χ4n) is 4.32. The van der Waals surface area contributed by atoms with Gasteiger partial charge in [-0.1, -0.05) is 6.42 Å². The van der Waals surface area contributed by atoms with Crippen LogP contribution in [0.5, 0.6) is 11.5 Å². The molecule has 2 fully saturated rings. The first-order valence-electron chi connectivity index (χ1n) is 7.62. The predicted molar refractivity (Wildman–Crippen MR) is 80.1 cm³/mol. The summed E-state index contributed by atoms with van der Waals surface area (Å²) in [5.41, 5.74) is 9.04. The zero-order valence-electron chi connectivity index (χ0n) is 12.7. The summed E-state index contributed by atoms with van der Waals surface area (Å²) in [5, 5.41) is 0. The largest absolute Gasteiger partial charge is 0.493 e. The third kappa shape index (κ3) is 2.18. The lowest BCUT2D eigenvalue weighted by Gasteiger charge is -2.29. The third-order valence-electron chi connectivity index (χ3n) is 5.39. The molecule has 0 saturated heterocycles. The van der Waals surface area contributed by atoms with Crippen LogP contribution in [0.15, 0.2) is 12.1 Å². The molecule has 0 radical (unpaired) electrons. The minimum atomic E-state index is 0.130. The van der Waals surface area contributed by atoms with Crippen molar-refractivity contribution in [2.24, 2.45) is 23.5 Å². The highest BCUT2D eigenvalue weighted by Crippen LogP contribution is 2.52. The summed E-state index contributed by atoms with van der Waals surface area (Å²) in [6, 6.07) is 4.25. The normalized spacial score (nSPS) is 29.5. The average molecular weight is 275 g/mol. The van der Waals surface area contributed by atoms with Gasteiger partial charge in [0.1, 0.15) is 0 Å². The first kappa shape index (κ1) is 13.7. The Morgan fingerprint density at radius 3 is 2.35 bits per heavy atom. The van der Waals surface area contributed by atoms with Gasteiger partial charge in [0.2, 0.25) is 0 Å². The van der Waals surface area contributed by atoms with E-state index in [9.17, 15) is 0 Å². The van der Waals surface area contributed by atoms with Crippen LogP contribution in [0, 0.1) is 24.7 Å². The number of hydrogen-bond acceptors (Lipinski definition) is 3. The van der Waals surface area contributed by atoms with Crippen molar-refractivity contribution in [1.29, 1.82) is 0 Å². The van der Waals surface area contributed by atoms with Crippen molar-refractivity contribution in [2.75, 3.05) is 14.2 Å². The highest BCUT2D eigenvalue weighted by Gasteiger charge is 2.42. The third-order valence-corrected chi connectivity index (χ3v) is 5.39. The van der Waals surface area contributed by atoms with Crippen LogP contribution in [-0.4, -0.2) is 14.2 Å². The highest BCUT2D eigenvalue weighted by molar-refractivity contribution is 5.48. The molecule has 3 rings (SSSR count). The van der Waals surface area contributed by atoms with Crippen LogP contribution in [0.2, 0.25) is 0 Å². The quantitative estimate of drug-likeness (QED) is 0.915. The predicted octanol–water partition coefficient (Wildman–Crippen LogP) is 3.45. The minimum Gasteiger partial charge on any atom is -0.493 e. The van der Waals surface area contributed by atoms with E-state index in [1.54, 1.807) is 14.2 Å². The molecule has 1 aromatic rings. The maximum absolute atomic E-state index is 6.61. The molecule has 20 heavy (non-hydrogen) atoms. The van der Waals surface area contributed by atoms with Crippen LogP contribution < -0.4 is 15.2 Å². The second kappa shape index (κ2) is 5.28. The topological polar surface area (TPSA) is 44.5 Å². The van der Waals surface area contributed by atoms with Gasteiger partial charge in [0.25, 0.3) is 0 Å². The van der Waals surface area contributed by atoms with Gasteiger partial charge < -0.3 is 15.2 Å². The van der Waals surface area contributed by atoms with Gasteiger partial charge >= 0.3 is 0 Å². The fourth-order valence-corrected chi connectivity index (χ4v) is 4.32. The molecule has 2 bridgehead atoms. The van der Waals surface area contributed by atoms with E-state index >= 15 is 0 Å². The van der Waals surface area contributed by atoms with Gasteiger partial charge in [-0.05, 0) is 67.2 Å². The summed E-state index contributed by atoms with van der Waals surface area (Å²) in [4.78, 5) is 0. The Hall–Kier alpha value is -1.22. The Bertz CT molecular complexity index is 500. The van der Waals surface area contributed by atoms with Crippen LogP contribution in [0.4, 0.5) is 0 Å². The Kier molecular flexibility index (Phi) is 3.63. The van der Waals surface area contributed by atoms with Crippen LogP contribution in [-0.2, 0) is 0 Å². The van der Waals surface area contributed by atoms with Gasteiger partial charge in [0.05, 0.1) is 14.2 Å². The zero-order chi connectivity index (χ0) is 14.3. The van der Waals surface area contributed by atoms with Crippen LogP contribution in [0.1, 0.15) is 42.9 Å². The summed E-state index contributed by atoms with van der Waals surface area (Å²) in [5.74, 6) is 3.98. The summed E-state index contributed by atoms with van der Waals surface area (Å²) < 4.78 is 10.8. The second-order valence-corrected chi connectivity index (χ2v) is 6.43. The van der Waals surface area contributed by atoms with E-state index in [0.717, 1.165) is 23.3 Å². The molecular weight excluding hydrogens is 250 g/mol. The number of fused-ring (bicyclic) bond motifs is 2. The van der Waals surface area contributed by atoms with Crippen LogP contribution in [0.3, 0.4) is 0 Å². The Labute approximate surface area is 121 Å². The van der Waals surface area contributed by atoms with Crippen molar-refractivity contribution in [2.45, 2.75) is 38.6 Å². The molecule has 3 heteroatoms. The summed E-state index contributed by atoms with van der Waals surface area (Å²) in [6.07, 6.45) is 5.48. The monoisotopic (exact) mass is 275 g/mol. The van der Waals surface area contributed by atoms with Gasteiger partial charge in [0.15, 0.2) is 11.5 Å². The Morgan fingerprint density at radius 1 is 1.10 bits per heavy atom. The van der Waals surface area contributed by atoms with E-state index in [4.69, 9.17) is 15.2 Å². The standard InChI is InChI=1S/C17H25NO2/c1-10-6-15(19-2)16(20-3)9-13(10)17(18)14-8-11-4-5-12(14)7-11/h6,9,11-12,14,17H,4-5,7-8,18H2,1-3H3. The van der Waals surface area contributed by atoms with E-state index < -0.39 is 0 Å². The molecule has 0 aliphatic heterocycles. The number of nitrogens with two attached hydrogens (primary N) is 1. The number of ether oxygens (including phenoxy) is 2. The number of benzene rings is 1. The maximum Gasteiger partial charge on any atom is 0.161 e. The van der Waals surface area contributed by atoms with E-state index in [1.165, 1.54) is 36.8 Å². The van der Waals surface area contributed by atoms with Crippen molar-refractivity contribution in [3.8, 4) is 11.5 Å². The molecule has 0 amide bonds. The number of aryl methyl sites for hydroxylation is 1. The second-order valence-electron chi connectivity index (χ2n) is 6.43. The molecule has 110 valence electrons. The van der Waals surface area contributed by atoms with Crippen molar-refractivity contribution in [3.05, 3.63) is 23.3 Å². The molecule has 2 saturated carbocycles. The van der Waals surface area contributed by atoms with Crippen molar-refractivity contribution >= 4 is 0 Å². The van der Waals surface area contributed by atoms with Gasteiger partial charge in [-0.25, -0.2) is 0 Å². The van der Waals surface area contributed by atoms with Crippen LogP contribution in [0.25, 0.3) is 0 Å². The van der Waals surface area contributed by atoms with Crippen molar-refractivity contribution in [3.63, 3.8) is 0 Å². The average Bonchev–Trinajstić information content (AvgIpc) is 3.08.